The Morgan fingerprint density at radius 1 is 1.24 bits per heavy atom. The summed E-state index contributed by atoms with van der Waals surface area (Å²) < 4.78 is 16.8. The summed E-state index contributed by atoms with van der Waals surface area (Å²) in [5.74, 6) is 0.721. The molecule has 7 heteroatoms. The van der Waals surface area contributed by atoms with E-state index >= 15 is 0 Å². The van der Waals surface area contributed by atoms with Gasteiger partial charge in [-0.2, -0.15) is 0 Å². The Morgan fingerprint density at radius 3 is 2.79 bits per heavy atom. The van der Waals surface area contributed by atoms with E-state index in [2.05, 4.69) is 37.0 Å². The summed E-state index contributed by atoms with van der Waals surface area (Å²) >= 11 is 1.51. The van der Waals surface area contributed by atoms with Gasteiger partial charge in [0.2, 0.25) is 0 Å². The van der Waals surface area contributed by atoms with Crippen LogP contribution in [0.5, 0.6) is 0 Å². The van der Waals surface area contributed by atoms with Crippen LogP contribution in [0.4, 0.5) is 0 Å². The minimum Gasteiger partial charge on any atom is -0.464 e. The summed E-state index contributed by atoms with van der Waals surface area (Å²) in [5.41, 5.74) is 4.01. The van der Waals surface area contributed by atoms with Crippen molar-refractivity contribution in [1.82, 2.24) is 10.2 Å². The summed E-state index contributed by atoms with van der Waals surface area (Å²) in [5, 5.41) is 10.9. The van der Waals surface area contributed by atoms with Crippen LogP contribution in [-0.2, 0) is 16.0 Å². The quantitative estimate of drug-likeness (QED) is 0.373. The molecule has 6 nitrogen and oxygen atoms in total. The molecule has 0 aliphatic carbocycles. The Hall–Kier alpha value is -2.93. The van der Waals surface area contributed by atoms with Gasteiger partial charge in [0, 0.05) is 10.9 Å². The maximum Gasteiger partial charge on any atom is 0.311 e. The molecule has 3 aromatic heterocycles. The van der Waals surface area contributed by atoms with Crippen molar-refractivity contribution in [3.05, 3.63) is 58.5 Å². The molecule has 0 bridgehead atoms. The minimum atomic E-state index is -0.629. The highest BCUT2D eigenvalue weighted by Crippen LogP contribution is 2.30. The Kier molecular flexibility index (Phi) is 5.24. The number of aryl methyl sites for hydroxylation is 1. The maximum atomic E-state index is 12.5. The molecule has 0 N–H and O–H groups in total. The number of furan rings is 1. The molecule has 1 unspecified atom stereocenters. The molecular formula is C22H22N2O4S. The van der Waals surface area contributed by atoms with Crippen LogP contribution < -0.4 is 0 Å². The van der Waals surface area contributed by atoms with E-state index in [1.165, 1.54) is 22.5 Å². The Labute approximate surface area is 172 Å². The van der Waals surface area contributed by atoms with Crippen LogP contribution in [0.15, 0.2) is 44.7 Å². The van der Waals surface area contributed by atoms with Gasteiger partial charge >= 0.3 is 5.97 Å². The van der Waals surface area contributed by atoms with Crippen molar-refractivity contribution in [2.45, 2.75) is 46.1 Å². The predicted molar refractivity (Wildman–Crippen MR) is 111 cm³/mol. The topological polar surface area (TPSA) is 78.4 Å². The average molecular weight is 410 g/mol. The van der Waals surface area contributed by atoms with Crippen LogP contribution in [0.25, 0.3) is 21.7 Å². The summed E-state index contributed by atoms with van der Waals surface area (Å²) in [6.07, 6.45) is 1.11. The number of nitrogens with zero attached hydrogens (tertiary/aromatic N) is 2. The van der Waals surface area contributed by atoms with E-state index in [1.807, 2.05) is 23.6 Å². The molecule has 0 amide bonds. The lowest BCUT2D eigenvalue weighted by molar-refractivity contribution is -0.148. The van der Waals surface area contributed by atoms with Crippen molar-refractivity contribution in [1.29, 1.82) is 0 Å². The fourth-order valence-electron chi connectivity index (χ4n) is 3.35. The molecular weight excluding hydrogens is 388 g/mol. The first-order valence-electron chi connectivity index (χ1n) is 9.49. The lowest BCUT2D eigenvalue weighted by Crippen LogP contribution is -2.11. The molecule has 0 saturated heterocycles. The molecule has 4 rings (SSSR count). The van der Waals surface area contributed by atoms with Gasteiger partial charge in [-0.3, -0.25) is 4.79 Å². The lowest BCUT2D eigenvalue weighted by Gasteiger charge is -2.11. The first kappa shape index (κ1) is 19.4. The zero-order chi connectivity index (χ0) is 20.5. The number of rotatable bonds is 6. The molecule has 0 radical (unpaired) electrons. The molecule has 0 aliphatic heterocycles. The van der Waals surface area contributed by atoms with Crippen LogP contribution in [0, 0.1) is 6.92 Å². The van der Waals surface area contributed by atoms with E-state index in [0.29, 0.717) is 11.8 Å². The van der Waals surface area contributed by atoms with Gasteiger partial charge in [0.25, 0.3) is 11.8 Å². The van der Waals surface area contributed by atoms with Crippen molar-refractivity contribution >= 4 is 28.3 Å². The van der Waals surface area contributed by atoms with E-state index in [1.54, 1.807) is 13.2 Å². The number of ether oxygens (including phenoxy) is 1. The molecule has 0 aliphatic rings. The summed E-state index contributed by atoms with van der Waals surface area (Å²) in [6, 6.07) is 7.94. The highest BCUT2D eigenvalue weighted by atomic mass is 32.1. The molecule has 1 aromatic carbocycles. The van der Waals surface area contributed by atoms with Crippen LogP contribution in [0.3, 0.4) is 0 Å². The summed E-state index contributed by atoms with van der Waals surface area (Å²) in [6.45, 7) is 8.09. The first-order valence-corrected chi connectivity index (χ1v) is 10.4. The largest absolute Gasteiger partial charge is 0.464 e. The molecule has 29 heavy (non-hydrogen) atoms. The highest BCUT2D eigenvalue weighted by Gasteiger charge is 2.21. The van der Waals surface area contributed by atoms with Gasteiger partial charge in [-0.15, -0.1) is 21.5 Å². The zero-order valence-corrected chi connectivity index (χ0v) is 17.6. The van der Waals surface area contributed by atoms with Crippen LogP contribution >= 0.6 is 11.3 Å². The third-order valence-electron chi connectivity index (χ3n) is 4.83. The number of thiophene rings is 1. The van der Waals surface area contributed by atoms with Crippen molar-refractivity contribution in [3.63, 3.8) is 0 Å². The Bertz CT molecular complexity index is 1140. The van der Waals surface area contributed by atoms with Gasteiger partial charge in [0.05, 0.1) is 17.6 Å². The average Bonchev–Trinajstić information content (AvgIpc) is 3.41. The molecule has 150 valence electrons. The van der Waals surface area contributed by atoms with Crippen molar-refractivity contribution in [2.75, 3.05) is 0 Å². The highest BCUT2D eigenvalue weighted by molar-refractivity contribution is 7.13. The third-order valence-corrected chi connectivity index (χ3v) is 5.69. The predicted octanol–water partition coefficient (Wildman–Crippen LogP) is 5.82. The molecule has 4 aromatic rings. The maximum absolute atomic E-state index is 12.5. The lowest BCUT2D eigenvalue weighted by atomic mass is 9.95. The van der Waals surface area contributed by atoms with E-state index in [9.17, 15) is 4.79 Å². The monoisotopic (exact) mass is 410 g/mol. The fourth-order valence-corrected chi connectivity index (χ4v) is 3.99. The number of aromatic nitrogens is 2. The van der Waals surface area contributed by atoms with Crippen molar-refractivity contribution in [3.8, 4) is 10.8 Å². The molecule has 0 spiro atoms. The zero-order valence-electron chi connectivity index (χ0n) is 16.8. The van der Waals surface area contributed by atoms with Gasteiger partial charge in [0.15, 0.2) is 6.10 Å². The second-order valence-electron chi connectivity index (χ2n) is 7.35. The molecule has 1 atom stereocenters. The van der Waals surface area contributed by atoms with Crippen LogP contribution in [0.2, 0.25) is 0 Å². The van der Waals surface area contributed by atoms with Crippen LogP contribution in [-0.4, -0.2) is 16.2 Å². The number of carbonyl (C=O) groups excluding carboxylic acids is 1. The SMILES string of the molecule is Cc1cc2occ(CC(=O)OC(C)c3nnc(-c4cccs4)o3)c2cc1C(C)C. The van der Waals surface area contributed by atoms with Gasteiger partial charge in [0.1, 0.15) is 5.58 Å². The normalized spacial score (nSPS) is 12.6. The molecule has 0 saturated carbocycles. The first-order chi connectivity index (χ1) is 13.9. The van der Waals surface area contributed by atoms with Gasteiger partial charge in [-0.05, 0) is 54.5 Å². The number of benzene rings is 1. The van der Waals surface area contributed by atoms with E-state index in [0.717, 1.165) is 21.4 Å². The van der Waals surface area contributed by atoms with Crippen molar-refractivity contribution < 1.29 is 18.4 Å². The number of carbonyl (C=O) groups is 1. The smallest absolute Gasteiger partial charge is 0.311 e. The van der Waals surface area contributed by atoms with E-state index < -0.39 is 6.10 Å². The second-order valence-corrected chi connectivity index (χ2v) is 8.30. The van der Waals surface area contributed by atoms with Gasteiger partial charge < -0.3 is 13.6 Å². The van der Waals surface area contributed by atoms with E-state index in [4.69, 9.17) is 13.6 Å². The number of esters is 1. The number of hydrogen-bond acceptors (Lipinski definition) is 7. The Morgan fingerprint density at radius 2 is 2.07 bits per heavy atom. The second kappa shape index (κ2) is 7.83. The van der Waals surface area contributed by atoms with Crippen LogP contribution in [0.1, 0.15) is 55.4 Å². The Balaban J connectivity index is 1.48. The minimum absolute atomic E-state index is 0.115. The number of hydrogen-bond donors (Lipinski definition) is 0. The standard InChI is InChI=1S/C22H22N2O4S/c1-12(2)16-10-17-15(11-26-18(17)8-13(16)3)9-20(25)27-14(4)21-23-24-22(28-21)19-6-5-7-29-19/h5-8,10-12,14H,9H2,1-4H3. The summed E-state index contributed by atoms with van der Waals surface area (Å²) in [4.78, 5) is 13.4. The summed E-state index contributed by atoms with van der Waals surface area (Å²) in [7, 11) is 0. The number of fused-ring (bicyclic) bond motifs is 1. The molecule has 0 fully saturated rings. The fraction of sp³-hybridized carbons (Fsp3) is 0.318. The van der Waals surface area contributed by atoms with E-state index in [-0.39, 0.29) is 18.3 Å². The van der Waals surface area contributed by atoms with Gasteiger partial charge in [-0.1, -0.05) is 19.9 Å². The third kappa shape index (κ3) is 3.96. The molecule has 3 heterocycles. The van der Waals surface area contributed by atoms with Gasteiger partial charge in [-0.25, -0.2) is 0 Å². The van der Waals surface area contributed by atoms with Crippen molar-refractivity contribution in [2.24, 2.45) is 0 Å².